The van der Waals surface area contributed by atoms with Gasteiger partial charge in [0.25, 0.3) is 0 Å². The fraction of sp³-hybridized carbons (Fsp3) is 0.636. The van der Waals surface area contributed by atoms with E-state index in [0.717, 1.165) is 6.42 Å². The van der Waals surface area contributed by atoms with E-state index in [1.807, 2.05) is 18.4 Å². The summed E-state index contributed by atoms with van der Waals surface area (Å²) in [6, 6.07) is 3.91. The first-order valence-corrected chi connectivity index (χ1v) is 8.33. The molecule has 1 aromatic heterocycles. The lowest BCUT2D eigenvalue weighted by Crippen LogP contribution is -2.44. The topological polar surface area (TPSA) is 66.4 Å². The molecule has 0 spiro atoms. The summed E-state index contributed by atoms with van der Waals surface area (Å²) in [7, 11) is -3.06. The summed E-state index contributed by atoms with van der Waals surface area (Å²) in [5, 5.41) is 14.9. The fourth-order valence-electron chi connectivity index (χ4n) is 2.14. The van der Waals surface area contributed by atoms with E-state index in [-0.39, 0.29) is 23.6 Å². The molecule has 2 N–H and O–H groups in total. The van der Waals surface area contributed by atoms with Crippen molar-refractivity contribution in [3.8, 4) is 0 Å². The molecule has 96 valence electrons. The van der Waals surface area contributed by atoms with Gasteiger partial charge >= 0.3 is 0 Å². The van der Waals surface area contributed by atoms with Crippen LogP contribution in [0, 0.1) is 0 Å². The summed E-state index contributed by atoms with van der Waals surface area (Å²) in [4.78, 5) is 1.26. The summed E-state index contributed by atoms with van der Waals surface area (Å²) in [6.45, 7) is 2.01. The van der Waals surface area contributed by atoms with Gasteiger partial charge in [-0.1, -0.05) is 6.07 Å². The Labute approximate surface area is 106 Å². The predicted molar refractivity (Wildman–Crippen MR) is 69.1 cm³/mol. The van der Waals surface area contributed by atoms with E-state index < -0.39 is 15.9 Å². The van der Waals surface area contributed by atoms with E-state index >= 15 is 0 Å². The number of hydrogen-bond donors (Lipinski definition) is 2. The Hall–Kier alpha value is -0.430. The first-order chi connectivity index (χ1) is 7.96. The Bertz CT molecular complexity index is 455. The summed E-state index contributed by atoms with van der Waals surface area (Å²) in [5.41, 5.74) is 0. The molecule has 0 amide bonds. The van der Waals surface area contributed by atoms with Gasteiger partial charge in [0.1, 0.15) is 0 Å². The fourth-order valence-corrected chi connectivity index (χ4v) is 4.73. The van der Waals surface area contributed by atoms with E-state index in [2.05, 4.69) is 11.4 Å². The van der Waals surface area contributed by atoms with Gasteiger partial charge < -0.3 is 10.4 Å². The van der Waals surface area contributed by atoms with Gasteiger partial charge in [0, 0.05) is 17.0 Å². The summed E-state index contributed by atoms with van der Waals surface area (Å²) >= 11 is 1.69. The van der Waals surface area contributed by atoms with Crippen LogP contribution in [0.15, 0.2) is 17.5 Å². The van der Waals surface area contributed by atoms with Gasteiger partial charge in [0.15, 0.2) is 9.84 Å². The molecule has 1 aromatic rings. The van der Waals surface area contributed by atoms with Crippen LogP contribution in [-0.2, 0) is 16.3 Å². The van der Waals surface area contributed by atoms with Crippen molar-refractivity contribution in [2.75, 3.05) is 11.5 Å². The van der Waals surface area contributed by atoms with Crippen LogP contribution in [0.25, 0.3) is 0 Å². The third kappa shape index (κ3) is 3.51. The average molecular weight is 275 g/mol. The van der Waals surface area contributed by atoms with Crippen LogP contribution in [-0.4, -0.2) is 43.2 Å². The lowest BCUT2D eigenvalue weighted by atomic mass is 10.1. The molecule has 1 aliphatic rings. The van der Waals surface area contributed by atoms with Crippen molar-refractivity contribution < 1.29 is 13.5 Å². The monoisotopic (exact) mass is 275 g/mol. The minimum Gasteiger partial charge on any atom is -0.390 e. The average Bonchev–Trinajstić information content (AvgIpc) is 2.75. The third-order valence-corrected chi connectivity index (χ3v) is 5.52. The van der Waals surface area contributed by atoms with E-state index in [0.29, 0.717) is 0 Å². The number of aliphatic hydroxyl groups is 1. The molecule has 0 aromatic carbocycles. The highest BCUT2D eigenvalue weighted by molar-refractivity contribution is 7.91. The summed E-state index contributed by atoms with van der Waals surface area (Å²) in [5.74, 6) is -0.0701. The van der Waals surface area contributed by atoms with Crippen molar-refractivity contribution in [1.29, 1.82) is 0 Å². The van der Waals surface area contributed by atoms with E-state index in [1.54, 1.807) is 11.3 Å². The Morgan fingerprint density at radius 1 is 1.59 bits per heavy atom. The largest absolute Gasteiger partial charge is 0.390 e. The van der Waals surface area contributed by atoms with E-state index in [4.69, 9.17) is 0 Å². The lowest BCUT2D eigenvalue weighted by Gasteiger charge is -2.20. The van der Waals surface area contributed by atoms with E-state index in [1.165, 1.54) is 4.88 Å². The normalized spacial score (nSPS) is 29.3. The highest BCUT2D eigenvalue weighted by Gasteiger charge is 2.36. The maximum Gasteiger partial charge on any atom is 0.154 e. The second-order valence-electron chi connectivity index (χ2n) is 4.60. The van der Waals surface area contributed by atoms with Gasteiger partial charge in [-0.3, -0.25) is 0 Å². The first-order valence-electron chi connectivity index (χ1n) is 5.63. The molecular formula is C11H17NO3S2. The van der Waals surface area contributed by atoms with Crippen LogP contribution >= 0.6 is 11.3 Å². The van der Waals surface area contributed by atoms with Crippen LogP contribution in [0.1, 0.15) is 11.8 Å². The van der Waals surface area contributed by atoms with Gasteiger partial charge in [-0.2, -0.15) is 0 Å². The molecule has 1 aliphatic heterocycles. The number of nitrogens with one attached hydrogen (secondary N) is 1. The van der Waals surface area contributed by atoms with Crippen LogP contribution in [0.4, 0.5) is 0 Å². The Balaban J connectivity index is 1.89. The molecule has 4 nitrogen and oxygen atoms in total. The van der Waals surface area contributed by atoms with Crippen molar-refractivity contribution >= 4 is 21.2 Å². The lowest BCUT2D eigenvalue weighted by molar-refractivity contribution is 0.160. The van der Waals surface area contributed by atoms with Crippen molar-refractivity contribution in [1.82, 2.24) is 5.32 Å². The van der Waals surface area contributed by atoms with Gasteiger partial charge in [-0.15, -0.1) is 11.3 Å². The zero-order valence-corrected chi connectivity index (χ0v) is 11.3. The SMILES string of the molecule is CC(Cc1cccs1)NC1CS(=O)(=O)CC1O. The second-order valence-corrected chi connectivity index (χ2v) is 7.79. The molecule has 3 atom stereocenters. The summed E-state index contributed by atoms with van der Waals surface area (Å²) < 4.78 is 22.7. The number of aliphatic hydroxyl groups excluding tert-OH is 1. The molecule has 6 heteroatoms. The van der Waals surface area contributed by atoms with Crippen LogP contribution in [0.3, 0.4) is 0 Å². The zero-order chi connectivity index (χ0) is 12.5. The predicted octanol–water partition coefficient (Wildman–Crippen LogP) is 0.427. The van der Waals surface area contributed by atoms with Crippen LogP contribution in [0.2, 0.25) is 0 Å². The molecule has 2 heterocycles. The first kappa shape index (κ1) is 13.0. The Morgan fingerprint density at radius 2 is 2.35 bits per heavy atom. The highest BCUT2D eigenvalue weighted by Crippen LogP contribution is 2.15. The second kappa shape index (κ2) is 5.06. The van der Waals surface area contributed by atoms with Crippen molar-refractivity contribution in [2.45, 2.75) is 31.5 Å². The molecule has 0 bridgehead atoms. The standard InChI is InChI=1S/C11H17NO3S2/c1-8(5-9-3-2-4-16-9)12-10-6-17(14,15)7-11(10)13/h2-4,8,10-13H,5-7H2,1H3. The van der Waals surface area contributed by atoms with Gasteiger partial charge in [0.05, 0.1) is 17.6 Å². The molecule has 1 fully saturated rings. The third-order valence-electron chi connectivity index (χ3n) is 2.91. The maximum absolute atomic E-state index is 11.4. The zero-order valence-electron chi connectivity index (χ0n) is 9.67. The van der Waals surface area contributed by atoms with Crippen LogP contribution in [0.5, 0.6) is 0 Å². The van der Waals surface area contributed by atoms with Crippen molar-refractivity contribution in [2.24, 2.45) is 0 Å². The molecule has 0 radical (unpaired) electrons. The number of hydrogen-bond acceptors (Lipinski definition) is 5. The highest BCUT2D eigenvalue weighted by atomic mass is 32.2. The molecule has 17 heavy (non-hydrogen) atoms. The Morgan fingerprint density at radius 3 is 2.88 bits per heavy atom. The smallest absolute Gasteiger partial charge is 0.154 e. The van der Waals surface area contributed by atoms with Gasteiger partial charge in [-0.25, -0.2) is 8.42 Å². The summed E-state index contributed by atoms with van der Waals surface area (Å²) in [6.07, 6.45) is 0.0896. The minimum atomic E-state index is -3.06. The van der Waals surface area contributed by atoms with Gasteiger partial charge in [0.2, 0.25) is 0 Å². The van der Waals surface area contributed by atoms with Gasteiger partial charge in [-0.05, 0) is 24.8 Å². The molecule has 0 saturated carbocycles. The quantitative estimate of drug-likeness (QED) is 0.836. The maximum atomic E-state index is 11.4. The van der Waals surface area contributed by atoms with Crippen molar-refractivity contribution in [3.05, 3.63) is 22.4 Å². The minimum absolute atomic E-state index is 0.0446. The number of rotatable bonds is 4. The molecular weight excluding hydrogens is 258 g/mol. The van der Waals surface area contributed by atoms with Crippen molar-refractivity contribution in [3.63, 3.8) is 0 Å². The molecule has 3 unspecified atom stereocenters. The number of thiophene rings is 1. The Kier molecular flexibility index (Phi) is 3.87. The number of sulfone groups is 1. The molecule has 0 aliphatic carbocycles. The molecule has 1 saturated heterocycles. The molecule has 2 rings (SSSR count). The van der Waals surface area contributed by atoms with Crippen LogP contribution < -0.4 is 5.32 Å². The van der Waals surface area contributed by atoms with E-state index in [9.17, 15) is 13.5 Å².